The molecule has 1 N–H and O–H groups in total. The van der Waals surface area contributed by atoms with E-state index in [4.69, 9.17) is 35.3 Å². The number of halogens is 1. The number of ether oxygens (including phenoxy) is 5. The number of carbonyl (C=O) groups excluding carboxylic acids is 5. The molecule has 0 fully saturated rings. The smallest absolute Gasteiger partial charge is 0.310 e. The molecule has 1 heterocycles. The summed E-state index contributed by atoms with van der Waals surface area (Å²) in [6.07, 6.45) is 6.22. The van der Waals surface area contributed by atoms with Crippen molar-refractivity contribution in [1.82, 2.24) is 0 Å². The molecule has 10 atom stereocenters. The molecule has 10 unspecified atom stereocenters. The van der Waals surface area contributed by atoms with Crippen LogP contribution in [0.5, 0.6) is 0 Å². The van der Waals surface area contributed by atoms with Gasteiger partial charge in [-0.15, -0.1) is 11.6 Å². The van der Waals surface area contributed by atoms with Gasteiger partial charge in [0.05, 0.1) is 11.8 Å². The minimum absolute atomic E-state index is 0.0898. The summed E-state index contributed by atoms with van der Waals surface area (Å²) in [6.45, 7) is 16.0. The largest absolute Gasteiger partial charge is 0.462 e. The van der Waals surface area contributed by atoms with Crippen LogP contribution in [0.1, 0.15) is 101 Å². The second-order valence-corrected chi connectivity index (χ2v) is 13.5. The topological polar surface area (TPSA) is 152 Å². The number of carbonyl (C=O) groups is 5. The molecule has 0 saturated carbocycles. The SMILES string of the molecule is CCC(OC(C)=O)C(C)C(Cl)C(CC(C)C=CC=C(C)C1OC(=O)CC(OC(C)=O)CCC(C)(O)C(OC(C)=O)C=CC1C)OC(C)=O. The molecule has 0 bridgehead atoms. The zero-order valence-corrected chi connectivity index (χ0v) is 30.8. The Hall–Kier alpha value is -3.18. The third kappa shape index (κ3) is 15.4. The van der Waals surface area contributed by atoms with Gasteiger partial charge in [0, 0.05) is 39.5 Å². The maximum Gasteiger partial charge on any atom is 0.310 e. The molecule has 11 nitrogen and oxygen atoms in total. The van der Waals surface area contributed by atoms with Gasteiger partial charge in [0.1, 0.15) is 36.1 Å². The molecule has 0 aliphatic carbocycles. The van der Waals surface area contributed by atoms with Gasteiger partial charge in [0.2, 0.25) is 0 Å². The Morgan fingerprint density at radius 3 is 2.12 bits per heavy atom. The summed E-state index contributed by atoms with van der Waals surface area (Å²) in [5, 5.41) is 10.6. The predicted octanol–water partition coefficient (Wildman–Crippen LogP) is 5.93. The van der Waals surface area contributed by atoms with Crippen molar-refractivity contribution in [2.24, 2.45) is 17.8 Å². The lowest BCUT2D eigenvalue weighted by molar-refractivity contribution is -0.160. The van der Waals surface area contributed by atoms with Crippen molar-refractivity contribution in [2.45, 2.75) is 143 Å². The molecule has 0 aromatic rings. The second-order valence-electron chi connectivity index (χ2n) is 13.0. The third-order valence-corrected chi connectivity index (χ3v) is 8.94. The molecule has 0 saturated heterocycles. The number of alkyl halides is 1. The van der Waals surface area contributed by atoms with Crippen LogP contribution in [0.4, 0.5) is 0 Å². The molecular weight excluding hydrogens is 644 g/mol. The zero-order valence-electron chi connectivity index (χ0n) is 30.0. The summed E-state index contributed by atoms with van der Waals surface area (Å²) in [5.74, 6) is -3.35. The Kier molecular flexibility index (Phi) is 18.2. The number of hydrogen-bond donors (Lipinski definition) is 1. The van der Waals surface area contributed by atoms with Crippen molar-refractivity contribution in [3.05, 3.63) is 36.0 Å². The van der Waals surface area contributed by atoms with Crippen LogP contribution in [0, 0.1) is 17.8 Å². The maximum atomic E-state index is 13.1. The zero-order chi connectivity index (χ0) is 36.8. The highest BCUT2D eigenvalue weighted by Gasteiger charge is 2.36. The first-order valence-electron chi connectivity index (χ1n) is 16.5. The van der Waals surface area contributed by atoms with Gasteiger partial charge in [0.15, 0.2) is 0 Å². The Morgan fingerprint density at radius 1 is 1.00 bits per heavy atom. The Balaban J connectivity index is 3.29. The van der Waals surface area contributed by atoms with E-state index in [1.54, 1.807) is 12.2 Å². The first-order chi connectivity index (χ1) is 22.3. The van der Waals surface area contributed by atoms with E-state index in [0.717, 1.165) is 0 Å². The summed E-state index contributed by atoms with van der Waals surface area (Å²) >= 11 is 6.80. The molecule has 272 valence electrons. The lowest BCUT2D eigenvalue weighted by Gasteiger charge is -2.33. The van der Waals surface area contributed by atoms with Gasteiger partial charge in [-0.25, -0.2) is 0 Å². The number of esters is 5. The van der Waals surface area contributed by atoms with Crippen LogP contribution in [0.2, 0.25) is 0 Å². The molecule has 1 rings (SSSR count). The molecule has 1 aliphatic heterocycles. The molecule has 0 aromatic carbocycles. The maximum absolute atomic E-state index is 13.1. The molecule has 0 amide bonds. The molecule has 1 aliphatic rings. The van der Waals surface area contributed by atoms with Gasteiger partial charge in [-0.05, 0) is 57.1 Å². The first kappa shape index (κ1) is 42.8. The standard InChI is InChI=1S/C36H55ClO11/c1-11-30(45-26(7)39)24(5)34(37)31(46-27(8)40)19-21(2)13-12-14-22(3)35-23(4)15-16-32(47-28(9)41)36(10,43)18-17-29(44-25(6)38)20-33(42)48-35/h12-16,21,23-24,29-32,34-35,43H,11,17-20H2,1-10H3. The number of allylic oxidation sites excluding steroid dienone is 3. The Bertz CT molecular complexity index is 1190. The molecule has 12 heteroatoms. The minimum atomic E-state index is -1.50. The molecule has 0 radical (unpaired) electrons. The van der Waals surface area contributed by atoms with Gasteiger partial charge < -0.3 is 28.8 Å². The van der Waals surface area contributed by atoms with Crippen molar-refractivity contribution in [1.29, 1.82) is 0 Å². The summed E-state index contributed by atoms with van der Waals surface area (Å²) in [4.78, 5) is 60.2. The average molecular weight is 699 g/mol. The average Bonchev–Trinajstić information content (AvgIpc) is 2.96. The van der Waals surface area contributed by atoms with Crippen LogP contribution in [0.3, 0.4) is 0 Å². The van der Waals surface area contributed by atoms with Crippen molar-refractivity contribution in [3.8, 4) is 0 Å². The monoisotopic (exact) mass is 698 g/mol. The van der Waals surface area contributed by atoms with Crippen LogP contribution >= 0.6 is 11.6 Å². The molecule has 0 spiro atoms. The van der Waals surface area contributed by atoms with E-state index in [1.807, 2.05) is 52.8 Å². The van der Waals surface area contributed by atoms with E-state index in [9.17, 15) is 29.1 Å². The Morgan fingerprint density at radius 2 is 1.58 bits per heavy atom. The van der Waals surface area contributed by atoms with E-state index < -0.39 is 77.3 Å². The lowest BCUT2D eigenvalue weighted by atomic mass is 9.88. The molecule has 0 aromatic heterocycles. The van der Waals surface area contributed by atoms with Crippen molar-refractivity contribution >= 4 is 41.4 Å². The van der Waals surface area contributed by atoms with Crippen LogP contribution in [-0.2, 0) is 47.7 Å². The van der Waals surface area contributed by atoms with E-state index in [1.165, 1.54) is 34.6 Å². The normalized spacial score (nSPS) is 27.2. The van der Waals surface area contributed by atoms with Crippen LogP contribution in [0.15, 0.2) is 36.0 Å². The number of hydrogen-bond acceptors (Lipinski definition) is 11. The summed E-state index contributed by atoms with van der Waals surface area (Å²) in [5.41, 5.74) is -0.793. The van der Waals surface area contributed by atoms with Crippen molar-refractivity contribution in [2.75, 3.05) is 0 Å². The van der Waals surface area contributed by atoms with E-state index in [-0.39, 0.29) is 31.1 Å². The van der Waals surface area contributed by atoms with Crippen LogP contribution in [-0.4, -0.2) is 76.5 Å². The second kappa shape index (κ2) is 20.4. The highest BCUT2D eigenvalue weighted by Crippen LogP contribution is 2.30. The highest BCUT2D eigenvalue weighted by atomic mass is 35.5. The minimum Gasteiger partial charge on any atom is -0.462 e. The summed E-state index contributed by atoms with van der Waals surface area (Å²) < 4.78 is 27.7. The van der Waals surface area contributed by atoms with E-state index in [0.29, 0.717) is 18.4 Å². The van der Waals surface area contributed by atoms with Crippen LogP contribution < -0.4 is 0 Å². The van der Waals surface area contributed by atoms with Gasteiger partial charge in [-0.3, -0.25) is 24.0 Å². The van der Waals surface area contributed by atoms with Crippen molar-refractivity contribution in [3.63, 3.8) is 0 Å². The van der Waals surface area contributed by atoms with E-state index in [2.05, 4.69) is 0 Å². The van der Waals surface area contributed by atoms with Gasteiger partial charge in [-0.1, -0.05) is 52.0 Å². The van der Waals surface area contributed by atoms with Crippen molar-refractivity contribution < 1.29 is 52.8 Å². The summed E-state index contributed by atoms with van der Waals surface area (Å²) in [6, 6.07) is 0. The third-order valence-electron chi connectivity index (χ3n) is 8.26. The lowest BCUT2D eigenvalue weighted by Crippen LogP contribution is -2.42. The number of cyclic esters (lactones) is 1. The van der Waals surface area contributed by atoms with Crippen LogP contribution in [0.25, 0.3) is 0 Å². The summed E-state index contributed by atoms with van der Waals surface area (Å²) in [7, 11) is 0. The predicted molar refractivity (Wildman–Crippen MR) is 181 cm³/mol. The highest BCUT2D eigenvalue weighted by molar-refractivity contribution is 6.21. The first-order valence-corrected chi connectivity index (χ1v) is 17.0. The van der Waals surface area contributed by atoms with Gasteiger partial charge >= 0.3 is 29.8 Å². The fourth-order valence-electron chi connectivity index (χ4n) is 5.67. The fraction of sp³-hybridized carbons (Fsp3) is 0.694. The van der Waals surface area contributed by atoms with Gasteiger partial charge in [-0.2, -0.15) is 0 Å². The quantitative estimate of drug-likeness (QED) is 0.0800. The van der Waals surface area contributed by atoms with E-state index >= 15 is 0 Å². The molecule has 48 heavy (non-hydrogen) atoms. The number of aliphatic hydroxyl groups is 1. The fourth-order valence-corrected chi connectivity index (χ4v) is 5.98. The van der Waals surface area contributed by atoms with Gasteiger partial charge in [0.25, 0.3) is 0 Å². The number of rotatable bonds is 13. The Labute approximate surface area is 290 Å². The molecular formula is C36H55ClO11.